The maximum Gasteiger partial charge on any atom is 0.269 e. The molecule has 2 aromatic rings. The van der Waals surface area contributed by atoms with Gasteiger partial charge in [0.05, 0.1) is 13.0 Å². The molecular formula is C19H21ClN2O3. The molecule has 0 saturated carbocycles. The number of methoxy groups -OCH3 is 1. The molecule has 0 radical (unpaired) electrons. The molecule has 0 heterocycles. The highest BCUT2D eigenvalue weighted by Crippen LogP contribution is 2.25. The van der Waals surface area contributed by atoms with Crippen LogP contribution in [0.5, 0.6) is 5.75 Å². The quantitative estimate of drug-likeness (QED) is 0.801. The van der Waals surface area contributed by atoms with Gasteiger partial charge in [0.15, 0.2) is 0 Å². The van der Waals surface area contributed by atoms with Crippen molar-refractivity contribution in [2.45, 2.75) is 19.8 Å². The van der Waals surface area contributed by atoms with E-state index in [-0.39, 0.29) is 11.8 Å². The van der Waals surface area contributed by atoms with Crippen LogP contribution in [0.2, 0.25) is 5.02 Å². The highest BCUT2D eigenvalue weighted by molar-refractivity contribution is 6.30. The number of carbonyl (C=O) groups excluding carboxylic acids is 2. The molecule has 0 saturated heterocycles. The number of amides is 2. The average Bonchev–Trinajstić information content (AvgIpc) is 2.61. The number of rotatable bonds is 5. The molecule has 0 fully saturated rings. The number of hydrogen-bond donors (Lipinski definition) is 2. The predicted octanol–water partition coefficient (Wildman–Crippen LogP) is 3.55. The van der Waals surface area contributed by atoms with Crippen LogP contribution in [0.3, 0.4) is 0 Å². The topological polar surface area (TPSA) is 67.4 Å². The molecule has 2 aromatic carbocycles. The Morgan fingerprint density at radius 3 is 2.08 bits per heavy atom. The second kappa shape index (κ2) is 8.53. The van der Waals surface area contributed by atoms with Crippen molar-refractivity contribution in [1.82, 2.24) is 10.9 Å². The second-order valence-electron chi connectivity index (χ2n) is 5.95. The largest absolute Gasteiger partial charge is 0.497 e. The van der Waals surface area contributed by atoms with Gasteiger partial charge in [0.2, 0.25) is 5.91 Å². The Morgan fingerprint density at radius 1 is 0.960 bits per heavy atom. The average molecular weight is 361 g/mol. The highest BCUT2D eigenvalue weighted by Gasteiger charge is 2.24. The summed E-state index contributed by atoms with van der Waals surface area (Å²) >= 11 is 5.90. The molecule has 2 rings (SSSR count). The SMILES string of the molecule is COc1ccc(C(=O)NNC(=O)C(c2ccc(Cl)cc2)C(C)C)cc1. The molecule has 0 aromatic heterocycles. The standard InChI is InChI=1S/C19H21ClN2O3/c1-12(2)17(13-4-8-15(20)9-5-13)19(24)22-21-18(23)14-6-10-16(25-3)11-7-14/h4-12,17H,1-3H3,(H,21,23)(H,22,24). The van der Waals surface area contributed by atoms with Crippen molar-refractivity contribution < 1.29 is 14.3 Å². The van der Waals surface area contributed by atoms with Crippen LogP contribution in [0.1, 0.15) is 35.7 Å². The summed E-state index contributed by atoms with van der Waals surface area (Å²) in [6, 6.07) is 13.7. The van der Waals surface area contributed by atoms with Crippen molar-refractivity contribution >= 4 is 23.4 Å². The lowest BCUT2D eigenvalue weighted by Crippen LogP contribution is -2.44. The summed E-state index contributed by atoms with van der Waals surface area (Å²) in [5.74, 6) is -0.357. The Balaban J connectivity index is 2.03. The maximum atomic E-state index is 12.5. The van der Waals surface area contributed by atoms with E-state index in [2.05, 4.69) is 10.9 Å². The summed E-state index contributed by atoms with van der Waals surface area (Å²) in [5.41, 5.74) is 6.22. The smallest absolute Gasteiger partial charge is 0.269 e. The zero-order valence-corrected chi connectivity index (χ0v) is 15.1. The van der Waals surface area contributed by atoms with Crippen molar-refractivity contribution in [3.05, 3.63) is 64.7 Å². The van der Waals surface area contributed by atoms with Gasteiger partial charge >= 0.3 is 0 Å². The van der Waals surface area contributed by atoms with Gasteiger partial charge < -0.3 is 4.74 Å². The lowest BCUT2D eigenvalue weighted by molar-refractivity contribution is -0.124. The zero-order chi connectivity index (χ0) is 18.4. The molecule has 1 unspecified atom stereocenters. The summed E-state index contributed by atoms with van der Waals surface area (Å²) in [4.78, 5) is 24.7. The van der Waals surface area contributed by atoms with E-state index in [1.807, 2.05) is 26.0 Å². The van der Waals surface area contributed by atoms with Crippen LogP contribution < -0.4 is 15.6 Å². The molecule has 25 heavy (non-hydrogen) atoms. The zero-order valence-electron chi connectivity index (χ0n) is 14.4. The van der Waals surface area contributed by atoms with E-state index in [1.54, 1.807) is 43.5 Å². The maximum absolute atomic E-state index is 12.5. The Hall–Kier alpha value is -2.53. The first-order valence-corrected chi connectivity index (χ1v) is 8.30. The monoisotopic (exact) mass is 360 g/mol. The first-order valence-electron chi connectivity index (χ1n) is 7.92. The summed E-state index contributed by atoms with van der Waals surface area (Å²) in [5, 5.41) is 0.611. The molecular weight excluding hydrogens is 340 g/mol. The molecule has 0 spiro atoms. The third-order valence-corrected chi connectivity index (χ3v) is 4.08. The van der Waals surface area contributed by atoms with E-state index >= 15 is 0 Å². The van der Waals surface area contributed by atoms with Gasteiger partial charge in [-0.15, -0.1) is 0 Å². The molecule has 2 amide bonds. The van der Waals surface area contributed by atoms with Crippen LogP contribution in [0, 0.1) is 5.92 Å². The molecule has 2 N–H and O–H groups in total. The van der Waals surface area contributed by atoms with Crippen LogP contribution in [-0.4, -0.2) is 18.9 Å². The summed E-state index contributed by atoms with van der Waals surface area (Å²) in [6.45, 7) is 3.90. The van der Waals surface area contributed by atoms with Crippen molar-refractivity contribution in [2.75, 3.05) is 7.11 Å². The Bertz CT molecular complexity index is 727. The van der Waals surface area contributed by atoms with Crippen LogP contribution in [-0.2, 0) is 4.79 Å². The summed E-state index contributed by atoms with van der Waals surface area (Å²) in [6.07, 6.45) is 0. The molecule has 5 nitrogen and oxygen atoms in total. The van der Waals surface area contributed by atoms with Gasteiger partial charge in [-0.2, -0.15) is 0 Å². The minimum absolute atomic E-state index is 0.0547. The number of halogens is 1. The lowest BCUT2D eigenvalue weighted by atomic mass is 9.88. The van der Waals surface area contributed by atoms with Gasteiger partial charge in [0, 0.05) is 10.6 Å². The number of hydrogen-bond acceptors (Lipinski definition) is 3. The second-order valence-corrected chi connectivity index (χ2v) is 6.38. The predicted molar refractivity (Wildman–Crippen MR) is 97.6 cm³/mol. The minimum atomic E-state index is -0.395. The number of nitrogens with one attached hydrogen (secondary N) is 2. The molecule has 0 aliphatic carbocycles. The summed E-state index contributed by atoms with van der Waals surface area (Å²) in [7, 11) is 1.55. The van der Waals surface area contributed by atoms with E-state index in [0.717, 1.165) is 5.56 Å². The fraction of sp³-hybridized carbons (Fsp3) is 0.263. The normalized spacial score (nSPS) is 11.7. The van der Waals surface area contributed by atoms with Crippen molar-refractivity contribution in [3.8, 4) is 5.75 Å². The molecule has 1 atom stereocenters. The first kappa shape index (κ1) is 18.8. The van der Waals surface area contributed by atoms with E-state index < -0.39 is 11.8 Å². The molecule has 0 aliphatic heterocycles. The first-order chi connectivity index (χ1) is 11.9. The number of carbonyl (C=O) groups is 2. The lowest BCUT2D eigenvalue weighted by Gasteiger charge is -2.21. The third-order valence-electron chi connectivity index (χ3n) is 3.83. The Morgan fingerprint density at radius 2 is 1.56 bits per heavy atom. The van der Waals surface area contributed by atoms with Gasteiger partial charge in [0.25, 0.3) is 5.91 Å². The molecule has 0 bridgehead atoms. The van der Waals surface area contributed by atoms with E-state index in [0.29, 0.717) is 16.3 Å². The van der Waals surface area contributed by atoms with Gasteiger partial charge in [-0.3, -0.25) is 20.4 Å². The molecule has 6 heteroatoms. The summed E-state index contributed by atoms with van der Waals surface area (Å²) < 4.78 is 5.05. The van der Waals surface area contributed by atoms with E-state index in [1.165, 1.54) is 0 Å². The van der Waals surface area contributed by atoms with Crippen molar-refractivity contribution in [1.29, 1.82) is 0 Å². The number of hydrazine groups is 1. The van der Waals surface area contributed by atoms with Crippen molar-refractivity contribution in [2.24, 2.45) is 5.92 Å². The van der Waals surface area contributed by atoms with Gasteiger partial charge in [-0.05, 0) is 47.9 Å². The molecule has 132 valence electrons. The van der Waals surface area contributed by atoms with Gasteiger partial charge in [-0.25, -0.2) is 0 Å². The fourth-order valence-electron chi connectivity index (χ4n) is 2.52. The van der Waals surface area contributed by atoms with Crippen LogP contribution >= 0.6 is 11.6 Å². The van der Waals surface area contributed by atoms with Crippen LogP contribution in [0.15, 0.2) is 48.5 Å². The van der Waals surface area contributed by atoms with E-state index in [9.17, 15) is 9.59 Å². The minimum Gasteiger partial charge on any atom is -0.497 e. The van der Waals surface area contributed by atoms with E-state index in [4.69, 9.17) is 16.3 Å². The number of ether oxygens (including phenoxy) is 1. The van der Waals surface area contributed by atoms with Gasteiger partial charge in [0.1, 0.15) is 5.75 Å². The third kappa shape index (κ3) is 4.97. The Labute approximate surface area is 152 Å². The molecule has 0 aliphatic rings. The fourth-order valence-corrected chi connectivity index (χ4v) is 2.65. The number of benzene rings is 2. The Kier molecular flexibility index (Phi) is 6.42. The van der Waals surface area contributed by atoms with Crippen LogP contribution in [0.4, 0.5) is 0 Å². The van der Waals surface area contributed by atoms with Crippen LogP contribution in [0.25, 0.3) is 0 Å². The van der Waals surface area contributed by atoms with Crippen molar-refractivity contribution in [3.63, 3.8) is 0 Å². The van der Waals surface area contributed by atoms with Gasteiger partial charge in [-0.1, -0.05) is 37.6 Å². The highest BCUT2D eigenvalue weighted by atomic mass is 35.5.